The Hall–Kier alpha value is -2.10. The molecule has 0 spiro atoms. The normalized spacial score (nSPS) is 23.7. The van der Waals surface area contributed by atoms with Crippen molar-refractivity contribution in [2.24, 2.45) is 5.41 Å². The fourth-order valence-electron chi connectivity index (χ4n) is 3.10. The predicted molar refractivity (Wildman–Crippen MR) is 87.5 cm³/mol. The van der Waals surface area contributed by atoms with Gasteiger partial charge in [0, 0.05) is 0 Å². The van der Waals surface area contributed by atoms with Crippen LogP contribution >= 0.6 is 0 Å². The van der Waals surface area contributed by atoms with E-state index in [1.165, 1.54) is 0 Å². The Morgan fingerprint density at radius 3 is 2.61 bits per heavy atom. The third-order valence-electron chi connectivity index (χ3n) is 4.52. The minimum absolute atomic E-state index is 0.0306. The van der Waals surface area contributed by atoms with E-state index in [1.807, 2.05) is 44.2 Å². The molecule has 124 valence electrons. The quantitative estimate of drug-likeness (QED) is 0.567. The SMILES string of the molecule is C=C1[C@H](CC(=O)OCc2ccccc2)OC(=O)C1(CC)CCC. The number of hydrogen-bond acceptors (Lipinski definition) is 4. The van der Waals surface area contributed by atoms with Gasteiger partial charge in [-0.1, -0.05) is 57.2 Å². The maximum atomic E-state index is 12.3. The van der Waals surface area contributed by atoms with E-state index >= 15 is 0 Å². The molecule has 1 aliphatic rings. The largest absolute Gasteiger partial charge is 0.461 e. The van der Waals surface area contributed by atoms with E-state index in [4.69, 9.17) is 9.47 Å². The van der Waals surface area contributed by atoms with E-state index in [1.54, 1.807) is 0 Å². The highest BCUT2D eigenvalue weighted by Gasteiger charge is 2.50. The van der Waals surface area contributed by atoms with Crippen molar-refractivity contribution in [3.63, 3.8) is 0 Å². The number of hydrogen-bond donors (Lipinski definition) is 0. The summed E-state index contributed by atoms with van der Waals surface area (Å²) in [6.45, 7) is 8.25. The Morgan fingerprint density at radius 2 is 2.00 bits per heavy atom. The van der Waals surface area contributed by atoms with Crippen LogP contribution in [0.5, 0.6) is 0 Å². The lowest BCUT2D eigenvalue weighted by atomic mass is 9.74. The minimum atomic E-state index is -0.640. The van der Waals surface area contributed by atoms with E-state index in [0.717, 1.165) is 12.0 Å². The van der Waals surface area contributed by atoms with Gasteiger partial charge < -0.3 is 9.47 Å². The summed E-state index contributed by atoms with van der Waals surface area (Å²) in [6.07, 6.45) is 1.68. The molecule has 4 nitrogen and oxygen atoms in total. The first-order valence-corrected chi connectivity index (χ1v) is 8.13. The Balaban J connectivity index is 1.94. The van der Waals surface area contributed by atoms with Gasteiger partial charge in [-0.3, -0.25) is 9.59 Å². The number of carbonyl (C=O) groups is 2. The highest BCUT2D eigenvalue weighted by Crippen LogP contribution is 2.45. The van der Waals surface area contributed by atoms with Crippen molar-refractivity contribution >= 4 is 11.9 Å². The van der Waals surface area contributed by atoms with Gasteiger partial charge in [0.05, 0.1) is 11.8 Å². The zero-order valence-corrected chi connectivity index (χ0v) is 13.8. The fraction of sp³-hybridized carbons (Fsp3) is 0.474. The summed E-state index contributed by atoms with van der Waals surface area (Å²) in [5.74, 6) is -0.635. The summed E-state index contributed by atoms with van der Waals surface area (Å²) in [5.41, 5.74) is 1.000. The van der Waals surface area contributed by atoms with Gasteiger partial charge in [0.1, 0.15) is 12.7 Å². The van der Waals surface area contributed by atoms with Crippen LogP contribution in [0.4, 0.5) is 0 Å². The molecule has 1 fully saturated rings. The molecule has 0 saturated carbocycles. The van der Waals surface area contributed by atoms with Crippen LogP contribution in [0.25, 0.3) is 0 Å². The molecule has 1 aromatic carbocycles. The summed E-state index contributed by atoms with van der Waals surface area (Å²) in [5, 5.41) is 0. The number of cyclic esters (lactones) is 1. The number of carbonyl (C=O) groups excluding carboxylic acids is 2. The molecule has 23 heavy (non-hydrogen) atoms. The van der Waals surface area contributed by atoms with Crippen molar-refractivity contribution in [2.75, 3.05) is 0 Å². The van der Waals surface area contributed by atoms with Crippen molar-refractivity contribution in [2.45, 2.75) is 52.2 Å². The first-order valence-electron chi connectivity index (χ1n) is 8.13. The van der Waals surface area contributed by atoms with Gasteiger partial charge >= 0.3 is 11.9 Å². The first-order chi connectivity index (χ1) is 11.0. The molecule has 0 bridgehead atoms. The van der Waals surface area contributed by atoms with Crippen molar-refractivity contribution < 1.29 is 19.1 Å². The summed E-state index contributed by atoms with van der Waals surface area (Å²) >= 11 is 0. The average molecular weight is 316 g/mol. The third-order valence-corrected chi connectivity index (χ3v) is 4.52. The molecule has 0 amide bonds. The van der Waals surface area contributed by atoms with Crippen molar-refractivity contribution in [3.8, 4) is 0 Å². The minimum Gasteiger partial charge on any atom is -0.461 e. The summed E-state index contributed by atoms with van der Waals surface area (Å²) in [7, 11) is 0. The van der Waals surface area contributed by atoms with Crippen LogP contribution in [0.3, 0.4) is 0 Å². The second-order valence-corrected chi connectivity index (χ2v) is 5.96. The molecule has 4 heteroatoms. The molecule has 2 atom stereocenters. The molecule has 1 aliphatic heterocycles. The highest BCUT2D eigenvalue weighted by molar-refractivity contribution is 5.85. The second-order valence-electron chi connectivity index (χ2n) is 5.96. The average Bonchev–Trinajstić information content (AvgIpc) is 2.79. The van der Waals surface area contributed by atoms with Gasteiger partial charge in [-0.05, 0) is 24.0 Å². The molecule has 1 aromatic rings. The predicted octanol–water partition coefficient (Wildman–Crippen LogP) is 3.80. The van der Waals surface area contributed by atoms with E-state index < -0.39 is 11.5 Å². The molecule has 1 unspecified atom stereocenters. The molecule has 0 N–H and O–H groups in total. The monoisotopic (exact) mass is 316 g/mol. The number of esters is 2. The van der Waals surface area contributed by atoms with Crippen LogP contribution in [-0.2, 0) is 25.7 Å². The van der Waals surface area contributed by atoms with Gasteiger partial charge in [-0.25, -0.2) is 0 Å². The smallest absolute Gasteiger partial charge is 0.316 e. The summed E-state index contributed by atoms with van der Waals surface area (Å²) in [4.78, 5) is 24.3. The standard InChI is InChI=1S/C19H24O4/c1-4-11-19(5-2)14(3)16(23-18(19)21)12-17(20)22-13-15-9-7-6-8-10-15/h6-10,16H,3-5,11-13H2,1-2H3/t16-,19?/m0/s1. The van der Waals surface area contributed by atoms with Gasteiger partial charge in [0.15, 0.2) is 0 Å². The molecular weight excluding hydrogens is 292 g/mol. The maximum Gasteiger partial charge on any atom is 0.316 e. The van der Waals surface area contributed by atoms with E-state index in [2.05, 4.69) is 6.58 Å². The van der Waals surface area contributed by atoms with Gasteiger partial charge in [0.2, 0.25) is 0 Å². The lowest BCUT2D eigenvalue weighted by Gasteiger charge is -2.24. The van der Waals surface area contributed by atoms with Gasteiger partial charge in [-0.2, -0.15) is 0 Å². The highest BCUT2D eigenvalue weighted by atomic mass is 16.6. The van der Waals surface area contributed by atoms with Crippen molar-refractivity contribution in [1.29, 1.82) is 0 Å². The number of ether oxygens (including phenoxy) is 2. The zero-order chi connectivity index (χ0) is 16.9. The molecular formula is C19H24O4. The van der Waals surface area contributed by atoms with Crippen LogP contribution in [-0.4, -0.2) is 18.0 Å². The Labute approximate surface area is 137 Å². The Bertz CT molecular complexity index is 578. The lowest BCUT2D eigenvalue weighted by molar-refractivity contribution is -0.153. The van der Waals surface area contributed by atoms with Crippen LogP contribution in [0.2, 0.25) is 0 Å². The number of benzene rings is 1. The van der Waals surface area contributed by atoms with Crippen LogP contribution in [0.1, 0.15) is 45.1 Å². The zero-order valence-electron chi connectivity index (χ0n) is 13.8. The Morgan fingerprint density at radius 1 is 1.30 bits per heavy atom. The fourth-order valence-corrected chi connectivity index (χ4v) is 3.10. The third kappa shape index (κ3) is 3.63. The topological polar surface area (TPSA) is 52.6 Å². The van der Waals surface area contributed by atoms with Crippen molar-refractivity contribution in [1.82, 2.24) is 0 Å². The summed E-state index contributed by atoms with van der Waals surface area (Å²) in [6, 6.07) is 9.48. The molecule has 0 aliphatic carbocycles. The van der Waals surface area contributed by atoms with Crippen LogP contribution in [0, 0.1) is 5.41 Å². The molecule has 2 rings (SSSR count). The van der Waals surface area contributed by atoms with Crippen LogP contribution < -0.4 is 0 Å². The lowest BCUT2D eigenvalue weighted by Crippen LogP contribution is -2.27. The molecule has 0 radical (unpaired) electrons. The number of rotatable bonds is 7. The molecule has 1 saturated heterocycles. The van der Waals surface area contributed by atoms with E-state index in [-0.39, 0.29) is 25.0 Å². The first kappa shape index (κ1) is 17.3. The molecule has 0 aromatic heterocycles. The van der Waals surface area contributed by atoms with Gasteiger partial charge in [-0.15, -0.1) is 0 Å². The molecule has 1 heterocycles. The Kier molecular flexibility index (Phi) is 5.59. The van der Waals surface area contributed by atoms with Crippen LogP contribution in [0.15, 0.2) is 42.5 Å². The van der Waals surface area contributed by atoms with Crippen molar-refractivity contribution in [3.05, 3.63) is 48.0 Å². The maximum absolute atomic E-state index is 12.3. The summed E-state index contributed by atoms with van der Waals surface area (Å²) < 4.78 is 10.7. The van der Waals surface area contributed by atoms with E-state index in [9.17, 15) is 9.59 Å². The van der Waals surface area contributed by atoms with E-state index in [0.29, 0.717) is 18.4 Å². The second kappa shape index (κ2) is 7.44. The van der Waals surface area contributed by atoms with Gasteiger partial charge in [0.25, 0.3) is 0 Å².